The van der Waals surface area contributed by atoms with Crippen molar-refractivity contribution in [3.05, 3.63) is 0 Å². The Morgan fingerprint density at radius 1 is 0.778 bits per heavy atom. The molecule has 0 fully saturated rings. The third-order valence-corrected chi connectivity index (χ3v) is 9.43. The van der Waals surface area contributed by atoms with Crippen molar-refractivity contribution in [1.82, 2.24) is 9.13 Å². The SMILES string of the molecule is CCC([SiH](N(CC)CC)N(CC)CC)C(C)(C)C. The normalized spacial score (nSPS) is 14.8. The molecule has 0 aliphatic heterocycles. The van der Waals surface area contributed by atoms with Crippen molar-refractivity contribution in [2.45, 2.75) is 67.4 Å². The molecule has 0 aromatic carbocycles. The molecule has 0 radical (unpaired) electrons. The van der Waals surface area contributed by atoms with Crippen LogP contribution in [0.3, 0.4) is 0 Å². The van der Waals surface area contributed by atoms with Crippen molar-refractivity contribution in [3.63, 3.8) is 0 Å². The number of rotatable bonds is 8. The monoisotopic (exact) mass is 272 g/mol. The molecule has 0 heterocycles. The van der Waals surface area contributed by atoms with Crippen LogP contribution in [0.1, 0.15) is 61.8 Å². The molecular weight excluding hydrogens is 236 g/mol. The minimum Gasteiger partial charge on any atom is -0.314 e. The van der Waals surface area contributed by atoms with E-state index >= 15 is 0 Å². The zero-order valence-corrected chi connectivity index (χ0v) is 15.2. The van der Waals surface area contributed by atoms with Gasteiger partial charge in [0, 0.05) is 0 Å². The van der Waals surface area contributed by atoms with Gasteiger partial charge in [0.1, 0.15) is 0 Å². The van der Waals surface area contributed by atoms with Gasteiger partial charge in [0.05, 0.1) is 0 Å². The smallest absolute Gasteiger partial charge is 0.193 e. The summed E-state index contributed by atoms with van der Waals surface area (Å²) in [7, 11) is -1.04. The average molecular weight is 273 g/mol. The zero-order chi connectivity index (χ0) is 14.3. The van der Waals surface area contributed by atoms with Gasteiger partial charge in [-0.3, -0.25) is 0 Å². The lowest BCUT2D eigenvalue weighted by Gasteiger charge is -2.46. The van der Waals surface area contributed by atoms with Crippen LogP contribution in [-0.2, 0) is 0 Å². The number of nitrogens with zero attached hydrogens (tertiary/aromatic N) is 2. The van der Waals surface area contributed by atoms with E-state index in [4.69, 9.17) is 0 Å². The summed E-state index contributed by atoms with van der Waals surface area (Å²) < 4.78 is 5.54. The fraction of sp³-hybridized carbons (Fsp3) is 1.00. The predicted molar refractivity (Wildman–Crippen MR) is 86.5 cm³/mol. The molecule has 18 heavy (non-hydrogen) atoms. The largest absolute Gasteiger partial charge is 0.314 e. The van der Waals surface area contributed by atoms with Gasteiger partial charge in [-0.25, -0.2) is 0 Å². The van der Waals surface area contributed by atoms with E-state index in [9.17, 15) is 0 Å². The van der Waals surface area contributed by atoms with Crippen molar-refractivity contribution >= 4 is 9.12 Å². The van der Waals surface area contributed by atoms with E-state index in [0.29, 0.717) is 5.41 Å². The van der Waals surface area contributed by atoms with Crippen molar-refractivity contribution in [2.75, 3.05) is 26.2 Å². The Kier molecular flexibility index (Phi) is 8.40. The molecule has 1 unspecified atom stereocenters. The maximum Gasteiger partial charge on any atom is 0.193 e. The molecule has 2 nitrogen and oxygen atoms in total. The summed E-state index contributed by atoms with van der Waals surface area (Å²) in [5.74, 6) is 0. The van der Waals surface area contributed by atoms with E-state index in [1.54, 1.807) is 0 Å². The maximum atomic E-state index is 2.77. The van der Waals surface area contributed by atoms with E-state index in [0.717, 1.165) is 5.54 Å². The topological polar surface area (TPSA) is 6.48 Å². The Hall–Kier alpha value is 0.137. The van der Waals surface area contributed by atoms with Crippen LogP contribution < -0.4 is 0 Å². The molecule has 0 saturated heterocycles. The lowest BCUT2D eigenvalue weighted by Crippen LogP contribution is -2.57. The summed E-state index contributed by atoms with van der Waals surface area (Å²) in [6.45, 7) is 23.8. The highest BCUT2D eigenvalue weighted by Gasteiger charge is 2.38. The fourth-order valence-electron chi connectivity index (χ4n) is 3.21. The van der Waals surface area contributed by atoms with Crippen LogP contribution in [0, 0.1) is 5.41 Å². The van der Waals surface area contributed by atoms with Crippen LogP contribution in [0.15, 0.2) is 0 Å². The highest BCUT2D eigenvalue weighted by Crippen LogP contribution is 2.38. The first kappa shape index (κ1) is 18.1. The molecule has 0 N–H and O–H groups in total. The first-order valence-corrected chi connectivity index (χ1v) is 9.55. The second-order valence-corrected chi connectivity index (χ2v) is 9.33. The van der Waals surface area contributed by atoms with Crippen LogP contribution in [0.2, 0.25) is 5.54 Å². The van der Waals surface area contributed by atoms with E-state index in [1.165, 1.54) is 32.6 Å². The molecule has 0 bridgehead atoms. The fourth-order valence-corrected chi connectivity index (χ4v) is 7.50. The molecule has 0 aliphatic rings. The summed E-state index contributed by atoms with van der Waals surface area (Å²) in [5.41, 5.74) is 1.29. The van der Waals surface area contributed by atoms with Crippen LogP contribution in [0.4, 0.5) is 0 Å². The molecule has 0 rings (SSSR count). The molecule has 0 aromatic rings. The Balaban J connectivity index is 5.28. The molecule has 0 aromatic heterocycles. The molecule has 0 spiro atoms. The lowest BCUT2D eigenvalue weighted by molar-refractivity contribution is 0.295. The van der Waals surface area contributed by atoms with Gasteiger partial charge >= 0.3 is 0 Å². The summed E-state index contributed by atoms with van der Waals surface area (Å²) in [6, 6.07) is 0. The molecular formula is C15H36N2Si. The van der Waals surface area contributed by atoms with Crippen molar-refractivity contribution in [2.24, 2.45) is 5.41 Å². The van der Waals surface area contributed by atoms with Gasteiger partial charge in [-0.2, -0.15) is 0 Å². The average Bonchev–Trinajstić information content (AvgIpc) is 2.30. The highest BCUT2D eigenvalue weighted by molar-refractivity contribution is 6.54. The zero-order valence-electron chi connectivity index (χ0n) is 14.1. The quantitative estimate of drug-likeness (QED) is 0.621. The van der Waals surface area contributed by atoms with Gasteiger partial charge in [0.15, 0.2) is 9.12 Å². The summed E-state index contributed by atoms with van der Waals surface area (Å²) in [6.07, 6.45) is 1.31. The van der Waals surface area contributed by atoms with Crippen LogP contribution in [0.25, 0.3) is 0 Å². The summed E-state index contributed by atoms with van der Waals surface area (Å²) in [4.78, 5) is 0. The van der Waals surface area contributed by atoms with Gasteiger partial charge < -0.3 is 9.13 Å². The second-order valence-electron chi connectivity index (χ2n) is 6.24. The van der Waals surface area contributed by atoms with E-state index in [1.807, 2.05) is 0 Å². The first-order valence-electron chi connectivity index (χ1n) is 7.85. The highest BCUT2D eigenvalue weighted by atomic mass is 28.3. The van der Waals surface area contributed by atoms with Gasteiger partial charge in [-0.05, 0) is 37.1 Å². The summed E-state index contributed by atoms with van der Waals surface area (Å²) in [5, 5.41) is 0. The van der Waals surface area contributed by atoms with Gasteiger partial charge in [-0.15, -0.1) is 0 Å². The first-order chi connectivity index (χ1) is 8.37. The maximum absolute atomic E-state index is 2.77. The van der Waals surface area contributed by atoms with Crippen molar-refractivity contribution in [3.8, 4) is 0 Å². The summed E-state index contributed by atoms with van der Waals surface area (Å²) >= 11 is 0. The second kappa shape index (κ2) is 8.34. The van der Waals surface area contributed by atoms with E-state index < -0.39 is 9.12 Å². The molecule has 0 amide bonds. The molecule has 0 saturated carbocycles. The Bertz CT molecular complexity index is 193. The molecule has 110 valence electrons. The van der Waals surface area contributed by atoms with Gasteiger partial charge in [-0.1, -0.05) is 61.8 Å². The molecule has 1 atom stereocenters. The Morgan fingerprint density at radius 3 is 1.28 bits per heavy atom. The predicted octanol–water partition coefficient (Wildman–Crippen LogP) is 3.72. The van der Waals surface area contributed by atoms with Crippen LogP contribution in [-0.4, -0.2) is 44.4 Å². The Labute approximate surface area is 118 Å². The minimum atomic E-state index is -1.04. The molecule has 3 heteroatoms. The van der Waals surface area contributed by atoms with E-state index in [-0.39, 0.29) is 0 Å². The lowest BCUT2D eigenvalue weighted by atomic mass is 9.90. The number of hydrogen-bond donors (Lipinski definition) is 0. The standard InChI is InChI=1S/C15H36N2Si/c1-9-14(15(6,7)8)18(16(10-2)11-3)17(12-4)13-5/h14,18H,9-13H2,1-8H3. The Morgan fingerprint density at radius 2 is 1.11 bits per heavy atom. The third-order valence-electron chi connectivity index (χ3n) is 4.29. The van der Waals surface area contributed by atoms with Crippen LogP contribution in [0.5, 0.6) is 0 Å². The van der Waals surface area contributed by atoms with Crippen molar-refractivity contribution in [1.29, 1.82) is 0 Å². The number of hydrogen-bond acceptors (Lipinski definition) is 2. The van der Waals surface area contributed by atoms with Crippen molar-refractivity contribution < 1.29 is 0 Å². The molecule has 0 aliphatic carbocycles. The van der Waals surface area contributed by atoms with E-state index in [2.05, 4.69) is 64.5 Å². The van der Waals surface area contributed by atoms with Gasteiger partial charge in [0.25, 0.3) is 0 Å². The third kappa shape index (κ3) is 4.67. The van der Waals surface area contributed by atoms with Gasteiger partial charge in [0.2, 0.25) is 0 Å². The minimum absolute atomic E-state index is 0.427. The van der Waals surface area contributed by atoms with Crippen LogP contribution >= 0.6 is 0 Å².